The van der Waals surface area contributed by atoms with Gasteiger partial charge in [-0.25, -0.2) is 0 Å². The summed E-state index contributed by atoms with van der Waals surface area (Å²) in [5.74, 6) is 0.909. The van der Waals surface area contributed by atoms with E-state index in [1.807, 2.05) is 84.9 Å². The summed E-state index contributed by atoms with van der Waals surface area (Å²) in [6, 6.07) is 29.0. The van der Waals surface area contributed by atoms with Crippen molar-refractivity contribution in [3.8, 4) is 22.9 Å². The highest BCUT2D eigenvalue weighted by Crippen LogP contribution is 2.36. The van der Waals surface area contributed by atoms with Gasteiger partial charge in [-0.2, -0.15) is 4.98 Å². The molecule has 0 amide bonds. The third-order valence-electron chi connectivity index (χ3n) is 4.79. The molecule has 156 valence electrons. The third kappa shape index (κ3) is 5.43. The highest BCUT2D eigenvalue weighted by atomic mass is 35.5. The molecule has 4 aromatic rings. The monoisotopic (exact) mass is 431 g/mol. The van der Waals surface area contributed by atoms with Crippen LogP contribution in [-0.4, -0.2) is 10.1 Å². The van der Waals surface area contributed by atoms with Crippen LogP contribution < -0.4 is 9.47 Å². The van der Waals surface area contributed by atoms with Crippen molar-refractivity contribution in [1.82, 2.24) is 4.98 Å². The van der Waals surface area contributed by atoms with Crippen molar-refractivity contribution >= 4 is 11.6 Å². The Labute approximate surface area is 186 Å². The maximum absolute atomic E-state index is 9.37. The first-order valence-electron chi connectivity index (χ1n) is 9.97. The Morgan fingerprint density at radius 3 is 1.90 bits per heavy atom. The molecule has 0 fully saturated rings. The van der Waals surface area contributed by atoms with E-state index >= 15 is 0 Å². The number of ether oxygens (including phenoxy) is 2. The Morgan fingerprint density at radius 2 is 1.29 bits per heavy atom. The summed E-state index contributed by atoms with van der Waals surface area (Å²) >= 11 is 6.49. The Hall–Kier alpha value is -3.34. The van der Waals surface area contributed by atoms with Crippen LogP contribution >= 0.6 is 11.6 Å². The maximum atomic E-state index is 9.37. The fourth-order valence-electron chi connectivity index (χ4n) is 3.15. The van der Waals surface area contributed by atoms with E-state index in [0.29, 0.717) is 30.0 Å². The molecule has 0 aliphatic rings. The minimum Gasteiger partial charge on any atom is -0.473 e. The molecule has 3 aromatic carbocycles. The molecule has 0 atom stereocenters. The van der Waals surface area contributed by atoms with E-state index in [2.05, 4.69) is 4.98 Å². The Kier molecular flexibility index (Phi) is 6.82. The molecular weight excluding hydrogens is 410 g/mol. The van der Waals surface area contributed by atoms with Gasteiger partial charge in [0.05, 0.1) is 6.61 Å². The molecule has 4 nitrogen and oxygen atoms in total. The summed E-state index contributed by atoms with van der Waals surface area (Å²) in [4.78, 5) is 4.61. The second-order valence-corrected chi connectivity index (χ2v) is 7.43. The van der Waals surface area contributed by atoms with Crippen molar-refractivity contribution in [3.05, 3.63) is 113 Å². The Bertz CT molecular complexity index is 1130. The molecular formula is C26H22ClNO3. The number of aliphatic hydroxyl groups excluding tert-OH is 1. The number of pyridine rings is 1. The van der Waals surface area contributed by atoms with Crippen molar-refractivity contribution in [2.24, 2.45) is 0 Å². The Balaban J connectivity index is 1.62. The zero-order valence-corrected chi connectivity index (χ0v) is 17.6. The van der Waals surface area contributed by atoms with Gasteiger partial charge in [-0.15, -0.1) is 0 Å². The van der Waals surface area contributed by atoms with Crippen LogP contribution in [0.2, 0.25) is 5.02 Å². The van der Waals surface area contributed by atoms with Gasteiger partial charge in [-0.05, 0) is 28.8 Å². The van der Waals surface area contributed by atoms with Crippen LogP contribution in [0.5, 0.6) is 11.8 Å². The molecule has 0 aliphatic carbocycles. The summed E-state index contributed by atoms with van der Waals surface area (Å²) in [5, 5.41) is 9.89. The molecule has 31 heavy (non-hydrogen) atoms. The average molecular weight is 432 g/mol. The van der Waals surface area contributed by atoms with Gasteiger partial charge in [0.1, 0.15) is 13.2 Å². The molecule has 1 heterocycles. The lowest BCUT2D eigenvalue weighted by Gasteiger charge is -2.14. The summed E-state index contributed by atoms with van der Waals surface area (Å²) in [5.41, 5.74) is 4.38. The zero-order chi connectivity index (χ0) is 21.5. The van der Waals surface area contributed by atoms with E-state index in [1.165, 1.54) is 0 Å². The molecule has 5 heteroatoms. The number of hydrogen-bond acceptors (Lipinski definition) is 4. The molecule has 0 unspecified atom stereocenters. The van der Waals surface area contributed by atoms with Crippen LogP contribution in [0, 0.1) is 0 Å². The zero-order valence-electron chi connectivity index (χ0n) is 16.9. The van der Waals surface area contributed by atoms with Gasteiger partial charge in [0, 0.05) is 22.2 Å². The van der Waals surface area contributed by atoms with Crippen LogP contribution in [0.15, 0.2) is 91.0 Å². The highest BCUT2D eigenvalue weighted by molar-refractivity contribution is 6.33. The van der Waals surface area contributed by atoms with Gasteiger partial charge >= 0.3 is 0 Å². The van der Waals surface area contributed by atoms with Crippen LogP contribution in [0.4, 0.5) is 0 Å². The first-order chi connectivity index (χ1) is 15.2. The lowest BCUT2D eigenvalue weighted by molar-refractivity contribution is 0.268. The van der Waals surface area contributed by atoms with Crippen molar-refractivity contribution in [2.75, 3.05) is 0 Å². The number of aromatic nitrogens is 1. The fraction of sp³-hybridized carbons (Fsp3) is 0.115. The highest BCUT2D eigenvalue weighted by Gasteiger charge is 2.14. The molecule has 4 rings (SSSR count). The summed E-state index contributed by atoms with van der Waals surface area (Å²) in [6.45, 7) is 0.717. The molecule has 1 N–H and O–H groups in total. The van der Waals surface area contributed by atoms with E-state index in [0.717, 1.165) is 27.8 Å². The molecule has 0 saturated carbocycles. The van der Waals surface area contributed by atoms with Crippen LogP contribution in [0.25, 0.3) is 11.1 Å². The third-order valence-corrected chi connectivity index (χ3v) is 5.10. The van der Waals surface area contributed by atoms with E-state index in [9.17, 15) is 5.11 Å². The molecule has 0 aliphatic heterocycles. The van der Waals surface area contributed by atoms with Gasteiger partial charge in [0.15, 0.2) is 0 Å². The second-order valence-electron chi connectivity index (χ2n) is 7.02. The average Bonchev–Trinajstić information content (AvgIpc) is 2.83. The second kappa shape index (κ2) is 10.1. The summed E-state index contributed by atoms with van der Waals surface area (Å²) < 4.78 is 12.0. The van der Waals surface area contributed by atoms with Gasteiger partial charge in [-0.1, -0.05) is 84.4 Å². The quantitative estimate of drug-likeness (QED) is 0.369. The number of nitrogens with zero attached hydrogens (tertiary/aromatic N) is 1. The van der Waals surface area contributed by atoms with Gasteiger partial charge in [0.2, 0.25) is 11.8 Å². The smallest absolute Gasteiger partial charge is 0.225 e. The van der Waals surface area contributed by atoms with Crippen LogP contribution in [0.1, 0.15) is 16.7 Å². The number of hydrogen-bond donors (Lipinski definition) is 1. The van der Waals surface area contributed by atoms with Crippen molar-refractivity contribution in [1.29, 1.82) is 0 Å². The largest absolute Gasteiger partial charge is 0.473 e. The summed E-state index contributed by atoms with van der Waals surface area (Å²) in [7, 11) is 0. The van der Waals surface area contributed by atoms with Crippen molar-refractivity contribution in [2.45, 2.75) is 19.8 Å². The van der Waals surface area contributed by atoms with Crippen molar-refractivity contribution < 1.29 is 14.6 Å². The number of aliphatic hydroxyl groups is 1. The first kappa shape index (κ1) is 20.9. The minimum absolute atomic E-state index is 0.0676. The molecule has 0 radical (unpaired) electrons. The van der Waals surface area contributed by atoms with E-state index < -0.39 is 0 Å². The normalized spacial score (nSPS) is 10.6. The summed E-state index contributed by atoms with van der Waals surface area (Å²) in [6.07, 6.45) is 0. The van der Waals surface area contributed by atoms with Gasteiger partial charge < -0.3 is 14.6 Å². The van der Waals surface area contributed by atoms with E-state index in [-0.39, 0.29) is 6.61 Å². The van der Waals surface area contributed by atoms with E-state index in [4.69, 9.17) is 21.1 Å². The predicted octanol–water partition coefficient (Wildman–Crippen LogP) is 6.05. The first-order valence-corrected chi connectivity index (χ1v) is 10.3. The molecule has 1 aromatic heterocycles. The minimum atomic E-state index is -0.0676. The Morgan fingerprint density at radius 1 is 0.677 bits per heavy atom. The molecule has 0 saturated heterocycles. The standard InChI is InChI=1S/C26H22ClNO3/c27-24-15-21(16-29)11-12-22(24)23-13-14-25(30-17-19-7-3-1-4-8-19)28-26(23)31-18-20-9-5-2-6-10-20/h1-15,29H,16-18H2. The number of rotatable bonds is 8. The molecule has 0 spiro atoms. The van der Waals surface area contributed by atoms with Gasteiger partial charge in [0.25, 0.3) is 0 Å². The van der Waals surface area contributed by atoms with Crippen molar-refractivity contribution in [3.63, 3.8) is 0 Å². The lowest BCUT2D eigenvalue weighted by atomic mass is 10.0. The lowest BCUT2D eigenvalue weighted by Crippen LogP contribution is -2.02. The molecule has 0 bridgehead atoms. The maximum Gasteiger partial charge on any atom is 0.225 e. The van der Waals surface area contributed by atoms with Gasteiger partial charge in [-0.3, -0.25) is 0 Å². The fourth-order valence-corrected chi connectivity index (χ4v) is 3.46. The number of benzene rings is 3. The van der Waals surface area contributed by atoms with Crippen LogP contribution in [-0.2, 0) is 19.8 Å². The topological polar surface area (TPSA) is 51.6 Å². The number of halogens is 1. The predicted molar refractivity (Wildman–Crippen MR) is 122 cm³/mol. The van der Waals surface area contributed by atoms with Crippen LogP contribution in [0.3, 0.4) is 0 Å². The SMILES string of the molecule is OCc1ccc(-c2ccc(OCc3ccccc3)nc2OCc2ccccc2)c(Cl)c1. The van der Waals surface area contributed by atoms with E-state index in [1.54, 1.807) is 6.07 Å².